The number of carbonyl (C=O) groups excluding carboxylic acids is 1. The van der Waals surface area contributed by atoms with Gasteiger partial charge in [-0.05, 0) is 61.1 Å². The predicted octanol–water partition coefficient (Wildman–Crippen LogP) is 3.97. The second kappa shape index (κ2) is 9.02. The van der Waals surface area contributed by atoms with E-state index >= 15 is 0 Å². The Morgan fingerprint density at radius 3 is 2.46 bits per heavy atom. The average Bonchev–Trinajstić information content (AvgIpc) is 2.97. The molecule has 2 unspecified atom stereocenters. The number of pyridine rings is 1. The van der Waals surface area contributed by atoms with E-state index in [0.29, 0.717) is 0 Å². The van der Waals surface area contributed by atoms with Crippen molar-refractivity contribution in [2.45, 2.75) is 32.2 Å². The lowest BCUT2D eigenvalue weighted by atomic mass is 10.0. The first-order chi connectivity index (χ1) is 10.6. The van der Waals surface area contributed by atoms with Gasteiger partial charge in [0.05, 0.1) is 0 Å². The van der Waals surface area contributed by atoms with E-state index < -0.39 is 0 Å². The van der Waals surface area contributed by atoms with Crippen LogP contribution in [0.25, 0.3) is 11.1 Å². The molecule has 2 aromatic rings. The Bertz CT molecular complexity index is 679. The van der Waals surface area contributed by atoms with Crippen molar-refractivity contribution in [2.75, 3.05) is 5.32 Å². The zero-order valence-corrected chi connectivity index (χ0v) is 15.2. The lowest BCUT2D eigenvalue weighted by molar-refractivity contribution is -0.119. The summed E-state index contributed by atoms with van der Waals surface area (Å²) in [6.07, 6.45) is 6.15. The highest BCUT2D eigenvalue weighted by Crippen LogP contribution is 2.28. The number of carbonyl (C=O) groups is 1. The van der Waals surface area contributed by atoms with Gasteiger partial charge in [0.15, 0.2) is 0 Å². The number of aryl methyl sites for hydroxylation is 1. The number of anilines is 1. The normalized spacial score (nSPS) is 19.1. The van der Waals surface area contributed by atoms with Gasteiger partial charge in [0.2, 0.25) is 5.91 Å². The predicted molar refractivity (Wildman–Crippen MR) is 103 cm³/mol. The maximum absolute atomic E-state index is 12.4. The van der Waals surface area contributed by atoms with E-state index in [9.17, 15) is 4.79 Å². The minimum atomic E-state index is 0. The Morgan fingerprint density at radius 1 is 1.12 bits per heavy atom. The minimum absolute atomic E-state index is 0. The highest BCUT2D eigenvalue weighted by atomic mass is 35.5. The zero-order chi connectivity index (χ0) is 15.5. The zero-order valence-electron chi connectivity index (χ0n) is 13.6. The van der Waals surface area contributed by atoms with Gasteiger partial charge in [0.25, 0.3) is 0 Å². The Morgan fingerprint density at radius 2 is 1.83 bits per heavy atom. The molecule has 1 aliphatic carbocycles. The smallest absolute Gasteiger partial charge is 0.227 e. The van der Waals surface area contributed by atoms with Crippen molar-refractivity contribution in [3.05, 3.63) is 48.3 Å². The molecule has 1 amide bonds. The highest BCUT2D eigenvalue weighted by Gasteiger charge is 2.27. The molecule has 0 bridgehead atoms. The molecule has 4 nitrogen and oxygen atoms in total. The monoisotopic (exact) mass is 367 g/mol. The summed E-state index contributed by atoms with van der Waals surface area (Å²) in [7, 11) is 0. The van der Waals surface area contributed by atoms with Gasteiger partial charge in [-0.15, -0.1) is 24.8 Å². The molecular weight excluding hydrogens is 345 g/mol. The van der Waals surface area contributed by atoms with E-state index in [0.717, 1.165) is 41.6 Å². The Hall–Kier alpha value is -1.62. The topological polar surface area (TPSA) is 68.0 Å². The van der Waals surface area contributed by atoms with E-state index in [4.69, 9.17) is 5.73 Å². The minimum Gasteiger partial charge on any atom is -0.328 e. The SMILES string of the molecule is Cc1ccc(-c2ccncc2)cc1NC(=O)C1CCC(N)C1.Cl.Cl. The molecular formula is C18H23Cl2N3O. The summed E-state index contributed by atoms with van der Waals surface area (Å²) in [6.45, 7) is 2.01. The molecule has 1 aliphatic rings. The van der Waals surface area contributed by atoms with Crippen LogP contribution in [0.3, 0.4) is 0 Å². The summed E-state index contributed by atoms with van der Waals surface area (Å²) in [6, 6.07) is 10.2. The first kappa shape index (κ1) is 20.4. The third kappa shape index (κ3) is 4.69. The molecule has 130 valence electrons. The van der Waals surface area contributed by atoms with E-state index in [1.165, 1.54) is 0 Å². The van der Waals surface area contributed by atoms with Crippen LogP contribution in [-0.4, -0.2) is 16.9 Å². The number of nitrogens with two attached hydrogens (primary N) is 1. The maximum atomic E-state index is 12.4. The lowest BCUT2D eigenvalue weighted by Crippen LogP contribution is -2.23. The molecule has 24 heavy (non-hydrogen) atoms. The van der Waals surface area contributed by atoms with Gasteiger partial charge in [0, 0.05) is 30.0 Å². The fraction of sp³-hybridized carbons (Fsp3) is 0.333. The molecule has 0 aliphatic heterocycles. The molecule has 6 heteroatoms. The highest BCUT2D eigenvalue weighted by molar-refractivity contribution is 5.94. The van der Waals surface area contributed by atoms with Crippen LogP contribution < -0.4 is 11.1 Å². The van der Waals surface area contributed by atoms with Crippen molar-refractivity contribution in [1.82, 2.24) is 4.98 Å². The van der Waals surface area contributed by atoms with E-state index in [1.54, 1.807) is 12.4 Å². The summed E-state index contributed by atoms with van der Waals surface area (Å²) in [4.78, 5) is 16.4. The summed E-state index contributed by atoms with van der Waals surface area (Å²) >= 11 is 0. The fourth-order valence-electron chi connectivity index (χ4n) is 2.97. The quantitative estimate of drug-likeness (QED) is 0.862. The van der Waals surface area contributed by atoms with Gasteiger partial charge < -0.3 is 11.1 Å². The van der Waals surface area contributed by atoms with Crippen LogP contribution >= 0.6 is 24.8 Å². The van der Waals surface area contributed by atoms with Crippen molar-refractivity contribution in [3.63, 3.8) is 0 Å². The van der Waals surface area contributed by atoms with Crippen LogP contribution in [0.1, 0.15) is 24.8 Å². The van der Waals surface area contributed by atoms with E-state index in [2.05, 4.69) is 16.4 Å². The van der Waals surface area contributed by atoms with Crippen LogP contribution in [0.5, 0.6) is 0 Å². The summed E-state index contributed by atoms with van der Waals surface area (Å²) in [5.41, 5.74) is 10.0. The molecule has 0 radical (unpaired) electrons. The van der Waals surface area contributed by atoms with Crippen molar-refractivity contribution in [3.8, 4) is 11.1 Å². The molecule has 1 aromatic carbocycles. The third-order valence-electron chi connectivity index (χ3n) is 4.35. The van der Waals surface area contributed by atoms with Crippen LogP contribution in [0.15, 0.2) is 42.7 Å². The molecule has 3 N–H and O–H groups in total. The first-order valence-electron chi connectivity index (χ1n) is 7.71. The largest absolute Gasteiger partial charge is 0.328 e. The molecule has 1 heterocycles. The average molecular weight is 368 g/mol. The summed E-state index contributed by atoms with van der Waals surface area (Å²) < 4.78 is 0. The standard InChI is InChI=1S/C18H21N3O.2ClH/c1-12-2-3-14(13-6-8-20-9-7-13)11-17(12)21-18(22)15-4-5-16(19)10-15;;/h2-3,6-9,11,15-16H,4-5,10,19H2,1H3,(H,21,22);2*1H. The maximum Gasteiger partial charge on any atom is 0.227 e. The number of rotatable bonds is 3. The van der Waals surface area contributed by atoms with Gasteiger partial charge in [0.1, 0.15) is 0 Å². The van der Waals surface area contributed by atoms with Gasteiger partial charge in [-0.2, -0.15) is 0 Å². The number of hydrogen-bond acceptors (Lipinski definition) is 3. The first-order valence-corrected chi connectivity index (χ1v) is 7.71. The number of nitrogens with zero attached hydrogens (tertiary/aromatic N) is 1. The second-order valence-electron chi connectivity index (χ2n) is 6.02. The van der Waals surface area contributed by atoms with Gasteiger partial charge in [-0.1, -0.05) is 12.1 Å². The molecule has 0 saturated heterocycles. The number of hydrogen-bond donors (Lipinski definition) is 2. The van der Waals surface area contributed by atoms with Crippen LogP contribution in [0.4, 0.5) is 5.69 Å². The van der Waals surface area contributed by atoms with E-state index in [-0.39, 0.29) is 42.7 Å². The number of benzene rings is 1. The number of halogens is 2. The van der Waals surface area contributed by atoms with Crippen molar-refractivity contribution in [2.24, 2.45) is 11.7 Å². The summed E-state index contributed by atoms with van der Waals surface area (Å²) in [5, 5.41) is 3.07. The number of amides is 1. The molecule has 1 aromatic heterocycles. The Balaban J connectivity index is 0.00000144. The molecule has 1 saturated carbocycles. The second-order valence-corrected chi connectivity index (χ2v) is 6.02. The van der Waals surface area contributed by atoms with Gasteiger partial charge in [-0.25, -0.2) is 0 Å². The molecule has 2 atom stereocenters. The van der Waals surface area contributed by atoms with Crippen molar-refractivity contribution < 1.29 is 4.79 Å². The van der Waals surface area contributed by atoms with Gasteiger partial charge >= 0.3 is 0 Å². The number of nitrogens with one attached hydrogen (secondary N) is 1. The van der Waals surface area contributed by atoms with Crippen molar-refractivity contribution >= 4 is 36.4 Å². The Kier molecular flexibility index (Phi) is 7.67. The third-order valence-corrected chi connectivity index (χ3v) is 4.35. The lowest BCUT2D eigenvalue weighted by Gasteiger charge is -2.14. The van der Waals surface area contributed by atoms with Crippen LogP contribution in [0.2, 0.25) is 0 Å². The molecule has 1 fully saturated rings. The molecule has 3 rings (SSSR count). The van der Waals surface area contributed by atoms with Crippen LogP contribution in [0, 0.1) is 12.8 Å². The van der Waals surface area contributed by atoms with E-state index in [1.807, 2.05) is 31.2 Å². The summed E-state index contributed by atoms with van der Waals surface area (Å²) in [5.74, 6) is 0.127. The number of aromatic nitrogens is 1. The Labute approximate surface area is 155 Å². The van der Waals surface area contributed by atoms with Crippen LogP contribution in [-0.2, 0) is 4.79 Å². The fourth-order valence-corrected chi connectivity index (χ4v) is 2.97. The van der Waals surface area contributed by atoms with Gasteiger partial charge in [-0.3, -0.25) is 9.78 Å². The molecule has 0 spiro atoms. The van der Waals surface area contributed by atoms with Crippen molar-refractivity contribution in [1.29, 1.82) is 0 Å².